The first-order valence-corrected chi connectivity index (χ1v) is 9.05. The van der Waals surface area contributed by atoms with Crippen LogP contribution in [0.2, 0.25) is 0 Å². The van der Waals surface area contributed by atoms with Gasteiger partial charge >= 0.3 is 11.9 Å². The zero-order valence-corrected chi connectivity index (χ0v) is 17.9. The van der Waals surface area contributed by atoms with Crippen LogP contribution >= 0.6 is 0 Å². The number of hydrogen-bond acceptors (Lipinski definition) is 14. The van der Waals surface area contributed by atoms with Crippen LogP contribution in [-0.2, 0) is 24.0 Å². The quantitative estimate of drug-likeness (QED) is 0.109. The summed E-state index contributed by atoms with van der Waals surface area (Å²) < 4.78 is 0. The van der Waals surface area contributed by atoms with Gasteiger partial charge in [-0.15, -0.1) is 0 Å². The molecular formula is C17H32O17. The SMILES string of the molecule is CC(=O)O.O=C(O)CCC(=O)O.O=C[C@H](O)[C@@H](O)[C@H](O)CO.O=C[C@H](O)[C@@H](O)[C@H](O)[C@H](O)CO. The molecule has 0 aliphatic rings. The van der Waals surface area contributed by atoms with Gasteiger partial charge in [-0.1, -0.05) is 0 Å². The van der Waals surface area contributed by atoms with E-state index in [0.29, 0.717) is 0 Å². The zero-order chi connectivity index (χ0) is 28.0. The highest BCUT2D eigenvalue weighted by Gasteiger charge is 2.29. The van der Waals surface area contributed by atoms with Crippen molar-refractivity contribution < 1.29 is 85.3 Å². The molecule has 0 aromatic carbocycles. The second-order valence-electron chi connectivity index (χ2n) is 6.03. The smallest absolute Gasteiger partial charge is 0.303 e. The molecule has 0 aromatic heterocycles. The second-order valence-corrected chi connectivity index (χ2v) is 6.03. The Morgan fingerprint density at radius 1 is 0.618 bits per heavy atom. The van der Waals surface area contributed by atoms with Gasteiger partial charge in [-0.2, -0.15) is 0 Å². The first-order valence-electron chi connectivity index (χ1n) is 9.05. The minimum Gasteiger partial charge on any atom is -0.481 e. The molecule has 0 rings (SSSR count). The number of aliphatic carboxylic acids is 3. The van der Waals surface area contributed by atoms with Gasteiger partial charge in [0.05, 0.1) is 26.1 Å². The van der Waals surface area contributed by atoms with E-state index in [1.807, 2.05) is 0 Å². The first-order chi connectivity index (χ1) is 15.5. The van der Waals surface area contributed by atoms with Crippen molar-refractivity contribution in [2.24, 2.45) is 0 Å². The topological polar surface area (TPSA) is 328 Å². The highest BCUT2D eigenvalue weighted by molar-refractivity contribution is 5.75. The van der Waals surface area contributed by atoms with E-state index < -0.39 is 73.8 Å². The molecule has 7 atom stereocenters. The van der Waals surface area contributed by atoms with E-state index in [-0.39, 0.29) is 25.4 Å². The Kier molecular flexibility index (Phi) is 26.8. The van der Waals surface area contributed by atoms with Crippen LogP contribution in [-0.4, -0.2) is 148 Å². The summed E-state index contributed by atoms with van der Waals surface area (Å²) in [5.41, 5.74) is 0. The summed E-state index contributed by atoms with van der Waals surface area (Å²) >= 11 is 0. The third-order valence-electron chi connectivity index (χ3n) is 3.04. The standard InChI is InChI=1S/C6H12O6.C5H10O5.C4H6O4.C2H4O2/c7-1-3(9)5(11)6(12)4(10)2-8;6-1-3(8)5(10)4(9)2-7;5-3(6)1-2-4(7)8;1-2(3)4/h1,3-6,8-12H,2H2;1,3-5,7-10H,2H2;1-2H2,(H,5,6)(H,7,8);1H3,(H,3,4)/t3-,4+,5+,6+;3-,4+,5+;;/m00../s1. The van der Waals surface area contributed by atoms with Crippen molar-refractivity contribution in [1.82, 2.24) is 0 Å². The lowest BCUT2D eigenvalue weighted by atomic mass is 10.0. The molecule has 0 heterocycles. The normalized spacial score (nSPS) is 15.9. The Morgan fingerprint density at radius 2 is 0.882 bits per heavy atom. The summed E-state index contributed by atoms with van der Waals surface area (Å²) in [6, 6.07) is 0. The van der Waals surface area contributed by atoms with Gasteiger partial charge < -0.3 is 70.9 Å². The predicted molar refractivity (Wildman–Crippen MR) is 106 cm³/mol. The van der Waals surface area contributed by atoms with Crippen molar-refractivity contribution in [3.8, 4) is 0 Å². The van der Waals surface area contributed by atoms with E-state index in [9.17, 15) is 19.2 Å². The molecule has 0 saturated heterocycles. The van der Waals surface area contributed by atoms with Crippen LogP contribution in [0.3, 0.4) is 0 Å². The molecule has 17 nitrogen and oxygen atoms in total. The molecule has 12 N–H and O–H groups in total. The minimum atomic E-state index is -1.79. The Bertz CT molecular complexity index is 550. The number of aliphatic hydroxyl groups is 9. The van der Waals surface area contributed by atoms with Crippen molar-refractivity contribution in [1.29, 1.82) is 0 Å². The second kappa shape index (κ2) is 23.5. The molecule has 0 spiro atoms. The Hall–Kier alpha value is -2.61. The molecule has 34 heavy (non-hydrogen) atoms. The summed E-state index contributed by atoms with van der Waals surface area (Å²) in [4.78, 5) is 47.9. The maximum Gasteiger partial charge on any atom is 0.303 e. The fourth-order valence-corrected chi connectivity index (χ4v) is 1.25. The molecule has 0 aliphatic carbocycles. The van der Waals surface area contributed by atoms with Crippen molar-refractivity contribution in [3.05, 3.63) is 0 Å². The molecule has 0 aliphatic heterocycles. The third-order valence-corrected chi connectivity index (χ3v) is 3.04. The summed E-state index contributed by atoms with van der Waals surface area (Å²) in [7, 11) is 0. The van der Waals surface area contributed by atoms with E-state index >= 15 is 0 Å². The van der Waals surface area contributed by atoms with Gasteiger partial charge in [-0.05, 0) is 0 Å². The van der Waals surface area contributed by atoms with Crippen LogP contribution in [0.25, 0.3) is 0 Å². The largest absolute Gasteiger partial charge is 0.481 e. The number of hydrogen-bond donors (Lipinski definition) is 12. The summed E-state index contributed by atoms with van der Waals surface area (Å²) in [5, 5.41) is 101. The van der Waals surface area contributed by atoms with Crippen LogP contribution in [0, 0.1) is 0 Å². The minimum absolute atomic E-state index is 0.0258. The van der Waals surface area contributed by atoms with Crippen molar-refractivity contribution in [2.45, 2.75) is 62.5 Å². The molecule has 0 bridgehead atoms. The van der Waals surface area contributed by atoms with Crippen molar-refractivity contribution >= 4 is 30.5 Å². The van der Waals surface area contributed by atoms with Crippen molar-refractivity contribution in [3.63, 3.8) is 0 Å². The number of carbonyl (C=O) groups is 5. The number of carboxylic acids is 3. The van der Waals surface area contributed by atoms with E-state index in [1.165, 1.54) is 0 Å². The van der Waals surface area contributed by atoms with Crippen LogP contribution in [0.5, 0.6) is 0 Å². The molecule has 0 aromatic rings. The number of aliphatic hydroxyl groups excluding tert-OH is 9. The molecule has 0 fully saturated rings. The van der Waals surface area contributed by atoms with E-state index in [1.54, 1.807) is 0 Å². The zero-order valence-electron chi connectivity index (χ0n) is 17.9. The first kappa shape index (κ1) is 38.6. The fraction of sp³-hybridized carbons (Fsp3) is 0.706. The van der Waals surface area contributed by atoms with Gasteiger partial charge in [0.25, 0.3) is 5.97 Å². The van der Waals surface area contributed by atoms with Crippen LogP contribution in [0.4, 0.5) is 0 Å². The molecule has 0 unspecified atom stereocenters. The summed E-state index contributed by atoms with van der Waals surface area (Å²) in [5.74, 6) is -2.99. The predicted octanol–water partition coefficient (Wildman–Crippen LogP) is -6.09. The van der Waals surface area contributed by atoms with Crippen LogP contribution in [0.15, 0.2) is 0 Å². The molecule has 0 radical (unpaired) electrons. The average molecular weight is 508 g/mol. The highest BCUT2D eigenvalue weighted by atomic mass is 16.4. The van der Waals surface area contributed by atoms with Gasteiger partial charge in [-0.3, -0.25) is 14.4 Å². The van der Waals surface area contributed by atoms with E-state index in [4.69, 9.17) is 66.1 Å². The third kappa shape index (κ3) is 25.6. The lowest BCUT2D eigenvalue weighted by Gasteiger charge is -2.22. The monoisotopic (exact) mass is 508 g/mol. The number of carboxylic acid groups (broad SMARTS) is 3. The highest BCUT2D eigenvalue weighted by Crippen LogP contribution is 2.03. The van der Waals surface area contributed by atoms with Gasteiger partial charge in [0.2, 0.25) is 0 Å². The molecular weight excluding hydrogens is 476 g/mol. The molecule has 0 amide bonds. The summed E-state index contributed by atoms with van der Waals surface area (Å²) in [6.45, 7) is -0.365. The lowest BCUT2D eigenvalue weighted by molar-refractivity contribution is -0.143. The number of aldehydes is 2. The molecule has 202 valence electrons. The lowest BCUT2D eigenvalue weighted by Crippen LogP contribution is -2.46. The number of carbonyl (C=O) groups excluding carboxylic acids is 2. The van der Waals surface area contributed by atoms with Gasteiger partial charge in [-0.25, -0.2) is 0 Å². The average Bonchev–Trinajstić information content (AvgIpc) is 2.79. The Balaban J connectivity index is -0.000000187. The van der Waals surface area contributed by atoms with Crippen LogP contribution < -0.4 is 0 Å². The van der Waals surface area contributed by atoms with Crippen molar-refractivity contribution in [2.75, 3.05) is 13.2 Å². The van der Waals surface area contributed by atoms with Gasteiger partial charge in [0, 0.05) is 6.92 Å². The van der Waals surface area contributed by atoms with E-state index in [0.717, 1.165) is 6.92 Å². The maximum atomic E-state index is 9.90. The number of rotatable bonds is 12. The molecule has 17 heteroatoms. The Labute approximate surface area is 192 Å². The van der Waals surface area contributed by atoms with Gasteiger partial charge in [0.1, 0.15) is 42.7 Å². The fourth-order valence-electron chi connectivity index (χ4n) is 1.25. The van der Waals surface area contributed by atoms with Gasteiger partial charge in [0.15, 0.2) is 12.6 Å². The van der Waals surface area contributed by atoms with E-state index in [2.05, 4.69) is 0 Å². The molecule has 0 saturated carbocycles. The van der Waals surface area contributed by atoms with Crippen LogP contribution in [0.1, 0.15) is 19.8 Å². The Morgan fingerprint density at radius 3 is 1.12 bits per heavy atom. The summed E-state index contributed by atoms with van der Waals surface area (Å²) in [6.07, 6.45) is -12.1. The maximum absolute atomic E-state index is 9.90.